The molecule has 0 aliphatic heterocycles. The van der Waals surface area contributed by atoms with Crippen LogP contribution in [0.2, 0.25) is 5.02 Å². The highest BCUT2D eigenvalue weighted by Crippen LogP contribution is 2.16. The van der Waals surface area contributed by atoms with E-state index in [1.54, 1.807) is 37.3 Å². The molecular weight excluding hydrogens is 334 g/mol. The Morgan fingerprint density at radius 3 is 2.71 bits per heavy atom. The van der Waals surface area contributed by atoms with Crippen LogP contribution in [0.3, 0.4) is 0 Å². The van der Waals surface area contributed by atoms with Gasteiger partial charge in [-0.1, -0.05) is 23.7 Å². The monoisotopic (exact) mass is 347 g/mol. The zero-order valence-corrected chi connectivity index (χ0v) is 13.4. The molecule has 24 heavy (non-hydrogen) atoms. The van der Waals surface area contributed by atoms with Gasteiger partial charge in [-0.15, -0.1) is 0 Å². The van der Waals surface area contributed by atoms with Crippen LogP contribution in [0.5, 0.6) is 5.75 Å². The minimum atomic E-state index is -0.770. The number of carbonyl (C=O) groups excluding carboxylic acids is 1. The lowest BCUT2D eigenvalue weighted by Gasteiger charge is -2.12. The predicted octanol–water partition coefficient (Wildman–Crippen LogP) is 3.17. The fourth-order valence-electron chi connectivity index (χ4n) is 1.75. The van der Waals surface area contributed by atoms with E-state index in [4.69, 9.17) is 16.3 Å². The molecule has 124 valence electrons. The van der Waals surface area contributed by atoms with Crippen LogP contribution in [0.1, 0.15) is 12.5 Å². The van der Waals surface area contributed by atoms with E-state index in [2.05, 4.69) is 10.5 Å². The van der Waals surface area contributed by atoms with E-state index in [9.17, 15) is 14.9 Å². The first-order valence-electron chi connectivity index (χ1n) is 6.95. The molecule has 0 saturated heterocycles. The second-order valence-electron chi connectivity index (χ2n) is 4.80. The maximum absolute atomic E-state index is 11.9. The molecule has 0 bridgehead atoms. The van der Waals surface area contributed by atoms with E-state index in [-0.39, 0.29) is 5.69 Å². The largest absolute Gasteiger partial charge is 0.481 e. The second-order valence-corrected chi connectivity index (χ2v) is 5.24. The zero-order valence-electron chi connectivity index (χ0n) is 12.7. The maximum atomic E-state index is 11.9. The Labute approximate surface area is 143 Å². The molecule has 7 nitrogen and oxygen atoms in total. The van der Waals surface area contributed by atoms with Gasteiger partial charge in [-0.25, -0.2) is 5.43 Å². The number of nitro groups is 1. The molecule has 8 heteroatoms. The average molecular weight is 348 g/mol. The van der Waals surface area contributed by atoms with Crippen molar-refractivity contribution in [3.63, 3.8) is 0 Å². The number of hydrogen-bond acceptors (Lipinski definition) is 5. The van der Waals surface area contributed by atoms with Crippen molar-refractivity contribution in [1.82, 2.24) is 5.43 Å². The Bertz CT molecular complexity index is 762. The van der Waals surface area contributed by atoms with Gasteiger partial charge in [-0.3, -0.25) is 14.9 Å². The van der Waals surface area contributed by atoms with Gasteiger partial charge in [0.2, 0.25) is 0 Å². The molecule has 2 aromatic carbocycles. The van der Waals surface area contributed by atoms with Crippen molar-refractivity contribution in [3.8, 4) is 5.75 Å². The first-order chi connectivity index (χ1) is 11.5. The van der Waals surface area contributed by atoms with Gasteiger partial charge < -0.3 is 4.74 Å². The number of hydrogen-bond donors (Lipinski definition) is 1. The molecule has 0 aliphatic rings. The van der Waals surface area contributed by atoms with E-state index < -0.39 is 16.9 Å². The Balaban J connectivity index is 1.90. The van der Waals surface area contributed by atoms with Gasteiger partial charge in [0, 0.05) is 22.7 Å². The summed E-state index contributed by atoms with van der Waals surface area (Å²) in [5.41, 5.74) is 2.77. The minimum Gasteiger partial charge on any atom is -0.481 e. The highest BCUT2D eigenvalue weighted by atomic mass is 35.5. The highest BCUT2D eigenvalue weighted by Gasteiger charge is 2.13. The number of nitrogens with zero attached hydrogens (tertiary/aromatic N) is 2. The van der Waals surface area contributed by atoms with Gasteiger partial charge in [0.25, 0.3) is 11.6 Å². The zero-order chi connectivity index (χ0) is 17.5. The second kappa shape index (κ2) is 8.07. The molecule has 2 aromatic rings. The van der Waals surface area contributed by atoms with Crippen LogP contribution in [0.4, 0.5) is 5.69 Å². The number of ether oxygens (including phenoxy) is 1. The third kappa shape index (κ3) is 5.06. The molecule has 2 rings (SSSR count). The summed E-state index contributed by atoms with van der Waals surface area (Å²) in [6.45, 7) is 1.58. The maximum Gasteiger partial charge on any atom is 0.280 e. The van der Waals surface area contributed by atoms with Gasteiger partial charge in [-0.05, 0) is 31.2 Å². The summed E-state index contributed by atoms with van der Waals surface area (Å²) in [5, 5.41) is 15.0. The molecule has 1 amide bonds. The summed E-state index contributed by atoms with van der Waals surface area (Å²) in [5.74, 6) is 0.0522. The molecule has 1 atom stereocenters. The number of nitro benzene ring substituents is 1. The Morgan fingerprint density at radius 1 is 1.33 bits per heavy atom. The molecule has 0 aromatic heterocycles. The van der Waals surface area contributed by atoms with Crippen LogP contribution in [0.15, 0.2) is 53.6 Å². The third-order valence-electron chi connectivity index (χ3n) is 2.97. The number of hydrazone groups is 1. The van der Waals surface area contributed by atoms with E-state index in [1.807, 2.05) is 0 Å². The molecular formula is C16H14ClN3O4. The topological polar surface area (TPSA) is 93.8 Å². The first kappa shape index (κ1) is 17.4. The molecule has 0 unspecified atom stereocenters. The number of halogens is 1. The summed E-state index contributed by atoms with van der Waals surface area (Å²) in [7, 11) is 0. The molecule has 0 spiro atoms. The van der Waals surface area contributed by atoms with Gasteiger partial charge in [0.1, 0.15) is 5.75 Å². The minimum absolute atomic E-state index is 0.0512. The van der Waals surface area contributed by atoms with Crippen LogP contribution < -0.4 is 10.2 Å². The lowest BCUT2D eigenvalue weighted by molar-refractivity contribution is -0.384. The van der Waals surface area contributed by atoms with Gasteiger partial charge in [0.05, 0.1) is 11.1 Å². The SMILES string of the molecule is C[C@H](Oc1ccc(Cl)cc1)C(=O)NN=Cc1cccc([N+](=O)[O-])c1. The fraction of sp³-hybridized carbons (Fsp3) is 0.125. The van der Waals surface area contributed by atoms with Crippen LogP contribution in [-0.4, -0.2) is 23.1 Å². The quantitative estimate of drug-likeness (QED) is 0.493. The number of amides is 1. The van der Waals surface area contributed by atoms with E-state index in [0.717, 1.165) is 0 Å². The Kier molecular flexibility index (Phi) is 5.86. The van der Waals surface area contributed by atoms with Crippen molar-refractivity contribution in [1.29, 1.82) is 0 Å². The number of benzene rings is 2. The lowest BCUT2D eigenvalue weighted by atomic mass is 10.2. The van der Waals surface area contributed by atoms with Crippen LogP contribution in [0, 0.1) is 10.1 Å². The first-order valence-corrected chi connectivity index (χ1v) is 7.33. The summed E-state index contributed by atoms with van der Waals surface area (Å²) in [6.07, 6.45) is 0.549. The van der Waals surface area contributed by atoms with Crippen molar-refractivity contribution in [2.45, 2.75) is 13.0 Å². The fourth-order valence-corrected chi connectivity index (χ4v) is 1.88. The average Bonchev–Trinajstić information content (AvgIpc) is 2.57. The number of nitrogens with one attached hydrogen (secondary N) is 1. The molecule has 1 N–H and O–H groups in total. The van der Waals surface area contributed by atoms with Crippen molar-refractivity contribution in [2.24, 2.45) is 5.10 Å². The Hall–Kier alpha value is -2.93. The predicted molar refractivity (Wildman–Crippen MR) is 90.4 cm³/mol. The summed E-state index contributed by atoms with van der Waals surface area (Å²) in [4.78, 5) is 22.1. The summed E-state index contributed by atoms with van der Waals surface area (Å²) < 4.78 is 5.45. The van der Waals surface area contributed by atoms with Gasteiger partial charge in [-0.2, -0.15) is 5.10 Å². The van der Waals surface area contributed by atoms with Crippen molar-refractivity contribution >= 4 is 29.4 Å². The molecule has 0 aliphatic carbocycles. The normalized spacial score (nSPS) is 11.9. The van der Waals surface area contributed by atoms with Crippen molar-refractivity contribution in [3.05, 3.63) is 69.2 Å². The van der Waals surface area contributed by atoms with E-state index in [0.29, 0.717) is 16.3 Å². The molecule has 0 saturated carbocycles. The van der Waals surface area contributed by atoms with Gasteiger partial charge in [0.15, 0.2) is 6.10 Å². The summed E-state index contributed by atoms with van der Waals surface area (Å²) in [6, 6.07) is 12.5. The molecule has 0 radical (unpaired) electrons. The number of non-ortho nitro benzene ring substituents is 1. The van der Waals surface area contributed by atoms with E-state index in [1.165, 1.54) is 24.4 Å². The molecule has 0 fully saturated rings. The van der Waals surface area contributed by atoms with Crippen LogP contribution in [0.25, 0.3) is 0 Å². The third-order valence-corrected chi connectivity index (χ3v) is 3.22. The van der Waals surface area contributed by atoms with Gasteiger partial charge >= 0.3 is 0 Å². The highest BCUT2D eigenvalue weighted by molar-refractivity contribution is 6.30. The van der Waals surface area contributed by atoms with Crippen LogP contribution in [-0.2, 0) is 4.79 Å². The standard InChI is InChI=1S/C16H14ClN3O4/c1-11(24-15-7-5-13(17)6-8-15)16(21)19-18-10-12-3-2-4-14(9-12)20(22)23/h2-11H,1H3,(H,19,21)/t11-/m0/s1. The number of rotatable bonds is 6. The van der Waals surface area contributed by atoms with Crippen molar-refractivity contribution < 1.29 is 14.5 Å². The smallest absolute Gasteiger partial charge is 0.280 e. The Morgan fingerprint density at radius 2 is 2.04 bits per heavy atom. The van der Waals surface area contributed by atoms with Crippen LogP contribution >= 0.6 is 11.6 Å². The number of carbonyl (C=O) groups is 1. The van der Waals surface area contributed by atoms with E-state index >= 15 is 0 Å². The molecule has 0 heterocycles. The summed E-state index contributed by atoms with van der Waals surface area (Å²) >= 11 is 5.77. The lowest BCUT2D eigenvalue weighted by Crippen LogP contribution is -2.33. The van der Waals surface area contributed by atoms with Crippen molar-refractivity contribution in [2.75, 3.05) is 0 Å².